The number of anilines is 2. The third-order valence-electron chi connectivity index (χ3n) is 8.39. The predicted octanol–water partition coefficient (Wildman–Crippen LogP) is 4.80. The summed E-state index contributed by atoms with van der Waals surface area (Å²) < 4.78 is 22.7. The van der Waals surface area contributed by atoms with Crippen LogP contribution in [0, 0.1) is 34.0 Å². The summed E-state index contributed by atoms with van der Waals surface area (Å²) in [6.45, 7) is 10.2. The Morgan fingerprint density at radius 3 is 1.79 bits per heavy atom. The Bertz CT molecular complexity index is 2660. The number of primary amides is 1. The van der Waals surface area contributed by atoms with E-state index in [1.54, 1.807) is 54.1 Å². The molecule has 0 saturated heterocycles. The summed E-state index contributed by atoms with van der Waals surface area (Å²) in [5, 5.41) is 53.7. The molecule has 61 heavy (non-hydrogen) atoms. The molecule has 2 amide bonds. The number of esters is 1. The highest BCUT2D eigenvalue weighted by Crippen LogP contribution is 2.28. The topological polar surface area (TPSA) is 275 Å². The molecule has 6 N–H and O–H groups in total. The van der Waals surface area contributed by atoms with Gasteiger partial charge in [0.2, 0.25) is 6.41 Å². The zero-order chi connectivity index (χ0) is 44.9. The van der Waals surface area contributed by atoms with Crippen molar-refractivity contribution in [2.75, 3.05) is 30.3 Å². The Morgan fingerprint density at radius 2 is 1.34 bits per heavy atom. The number of carbonyl (C=O) groups excluding carboxylic acids is 3. The molecule has 6 aromatic rings. The number of rotatable bonds is 11. The number of nitrogens with zero attached hydrogens (tertiary/aromatic N) is 9. The van der Waals surface area contributed by atoms with Crippen molar-refractivity contribution < 1.29 is 28.6 Å². The van der Waals surface area contributed by atoms with Crippen molar-refractivity contribution in [3.63, 3.8) is 0 Å². The maximum absolute atomic E-state index is 14.0. The molecule has 0 aliphatic rings. The summed E-state index contributed by atoms with van der Waals surface area (Å²) in [6, 6.07) is 20.3. The molecule has 0 spiro atoms. The lowest BCUT2D eigenvalue weighted by atomic mass is 10.0. The largest absolute Gasteiger partial charge is 0.456 e. The van der Waals surface area contributed by atoms with Crippen molar-refractivity contribution in [3.05, 3.63) is 95.6 Å². The number of nitrogens with one attached hydrogen (secondary N) is 3. The van der Waals surface area contributed by atoms with Crippen LogP contribution >= 0.6 is 0 Å². The van der Waals surface area contributed by atoms with Crippen LogP contribution in [0.1, 0.15) is 73.4 Å². The van der Waals surface area contributed by atoms with Gasteiger partial charge in [0.25, 0.3) is 5.91 Å². The van der Waals surface area contributed by atoms with E-state index in [9.17, 15) is 19.1 Å². The third-order valence-corrected chi connectivity index (χ3v) is 8.39. The van der Waals surface area contributed by atoms with E-state index in [1.165, 1.54) is 38.6 Å². The van der Waals surface area contributed by atoms with Crippen molar-refractivity contribution in [3.8, 4) is 41.0 Å². The maximum atomic E-state index is 14.0. The first-order valence-electron chi connectivity index (χ1n) is 18.6. The number of aliphatic hydroxyl groups is 1. The van der Waals surface area contributed by atoms with Crippen LogP contribution in [0.3, 0.4) is 0 Å². The number of alkyl halides is 1. The van der Waals surface area contributed by atoms with Gasteiger partial charge in [0.1, 0.15) is 36.0 Å². The van der Waals surface area contributed by atoms with Crippen LogP contribution in [0.25, 0.3) is 33.8 Å². The molecule has 1 atom stereocenters. The zero-order valence-electron chi connectivity index (χ0n) is 34.3. The fourth-order valence-electron chi connectivity index (χ4n) is 5.52. The third kappa shape index (κ3) is 11.8. The number of amides is 2. The van der Waals surface area contributed by atoms with Crippen molar-refractivity contribution in [2.45, 2.75) is 58.9 Å². The molecular weight excluding hydrogens is 786 g/mol. The number of halogens is 1. The molecule has 6 rings (SSSR count). The minimum absolute atomic E-state index is 0.0257. The van der Waals surface area contributed by atoms with Crippen LogP contribution in [-0.2, 0) is 9.53 Å². The van der Waals surface area contributed by atoms with E-state index in [2.05, 4.69) is 54.0 Å². The average Bonchev–Trinajstić information content (AvgIpc) is 3.85. The molecule has 314 valence electrons. The number of fused-ring (bicyclic) bond motifs is 2. The smallest absolute Gasteiger partial charge is 0.342 e. The molecule has 18 nitrogen and oxygen atoms in total. The lowest BCUT2D eigenvalue weighted by molar-refractivity contribution is -0.106. The van der Waals surface area contributed by atoms with Crippen LogP contribution in [0.2, 0.25) is 0 Å². The quantitative estimate of drug-likeness (QED) is 0.0667. The van der Waals surface area contributed by atoms with Crippen molar-refractivity contribution in [1.82, 2.24) is 34.5 Å². The van der Waals surface area contributed by atoms with Gasteiger partial charge in [-0.2, -0.15) is 26.0 Å². The Labute approximate surface area is 350 Å². The van der Waals surface area contributed by atoms with Gasteiger partial charge in [-0.15, -0.1) is 0 Å². The van der Waals surface area contributed by atoms with Gasteiger partial charge in [0.15, 0.2) is 0 Å². The highest BCUT2D eigenvalue weighted by atomic mass is 19.1. The monoisotopic (exact) mass is 829 g/mol. The highest BCUT2D eigenvalue weighted by molar-refractivity contribution is 6.00. The number of carbonyl (C=O) groups is 3. The zero-order valence-corrected chi connectivity index (χ0v) is 34.3. The Balaban J connectivity index is 0.000000253. The number of pyridine rings is 2. The van der Waals surface area contributed by atoms with Crippen LogP contribution < -0.4 is 21.7 Å². The van der Waals surface area contributed by atoms with Gasteiger partial charge in [-0.1, -0.05) is 0 Å². The predicted molar refractivity (Wildman–Crippen MR) is 223 cm³/mol. The number of hydrogen-bond acceptors (Lipinski definition) is 14. The second kappa shape index (κ2) is 20.1. The number of nitrogens with two attached hydrogens (primary N) is 1. The van der Waals surface area contributed by atoms with E-state index in [0.29, 0.717) is 51.8 Å². The molecule has 19 heteroatoms. The van der Waals surface area contributed by atoms with E-state index in [0.717, 1.165) is 11.0 Å². The van der Waals surface area contributed by atoms with E-state index in [4.69, 9.17) is 25.3 Å². The van der Waals surface area contributed by atoms with Crippen LogP contribution in [0.15, 0.2) is 73.3 Å². The highest BCUT2D eigenvalue weighted by Gasteiger charge is 2.27. The molecule has 0 aliphatic carbocycles. The van der Waals surface area contributed by atoms with Gasteiger partial charge < -0.3 is 31.5 Å². The number of aromatic nitrogens is 6. The van der Waals surface area contributed by atoms with Gasteiger partial charge in [-0.05, 0) is 90.1 Å². The fourth-order valence-corrected chi connectivity index (χ4v) is 5.52. The van der Waals surface area contributed by atoms with Gasteiger partial charge in [0, 0.05) is 18.9 Å². The first-order chi connectivity index (χ1) is 29.0. The fraction of sp³-hybridized carbons (Fsp3) is 0.286. The maximum Gasteiger partial charge on any atom is 0.342 e. The van der Waals surface area contributed by atoms with Crippen LogP contribution in [-0.4, -0.2) is 89.6 Å². The Morgan fingerprint density at radius 1 is 0.852 bits per heavy atom. The first-order valence-corrected chi connectivity index (χ1v) is 18.6. The van der Waals surface area contributed by atoms with Gasteiger partial charge in [0.05, 0.1) is 92.5 Å². The number of nitriles is 3. The molecule has 0 aromatic carbocycles. The van der Waals surface area contributed by atoms with E-state index < -0.39 is 29.3 Å². The summed E-state index contributed by atoms with van der Waals surface area (Å²) >= 11 is 0. The molecule has 0 fully saturated rings. The second-order valence-corrected chi connectivity index (χ2v) is 14.6. The summed E-state index contributed by atoms with van der Waals surface area (Å²) in [6.07, 6.45) is 4.43. The summed E-state index contributed by atoms with van der Waals surface area (Å²) in [7, 11) is 0. The van der Waals surface area contributed by atoms with Crippen molar-refractivity contribution in [1.29, 1.82) is 15.8 Å². The van der Waals surface area contributed by atoms with Crippen LogP contribution in [0.4, 0.5) is 15.8 Å². The van der Waals surface area contributed by atoms with E-state index in [-0.39, 0.29) is 30.6 Å². The molecule has 0 saturated carbocycles. The van der Waals surface area contributed by atoms with E-state index >= 15 is 0 Å². The summed E-state index contributed by atoms with van der Waals surface area (Å²) in [4.78, 5) is 42.4. The standard InChI is InChI=1S/C21H23FN6O2.C20H18N6O2.CH3NO/c1-4-24-16-8-17(18-6-5-14-7-13(9-23)10-27-28(14)18)25-11-15(16)20(29)26-12-19(22)21(2,3)30;1-20(2,3)28-19(27)15-12-24-17(9-16(15)23-7-6-21)18-5-4-14-8-13(10-22)11-25-26(14)18;2-1-3/h5-8,10-11,19,30H,4,12H2,1-3H3,(H,24,25)(H,26,29);4-5,8-9,11-12H,7H2,1-3H3,(H,23,24);1H,(H2,2,3). The van der Waals surface area contributed by atoms with Crippen molar-refractivity contribution >= 4 is 40.7 Å². The lowest BCUT2D eigenvalue weighted by Gasteiger charge is -2.22. The van der Waals surface area contributed by atoms with Gasteiger partial charge in [-0.3, -0.25) is 19.6 Å². The lowest BCUT2D eigenvalue weighted by Crippen LogP contribution is -2.42. The SMILES string of the molecule is CC(C)(C)OC(=O)c1cnc(-c2ccc3cc(C#N)cnn23)cc1NCC#N.CCNc1cc(-c2ccc3cc(C#N)cnn23)ncc1C(=O)NCC(F)C(C)(C)O.NC=O. The molecule has 6 aromatic heterocycles. The number of hydrogen-bond donors (Lipinski definition) is 5. The molecule has 1 unspecified atom stereocenters. The molecule has 0 bridgehead atoms. The minimum Gasteiger partial charge on any atom is -0.456 e. The van der Waals surface area contributed by atoms with Crippen molar-refractivity contribution in [2.24, 2.45) is 5.73 Å². The van der Waals surface area contributed by atoms with Gasteiger partial charge >= 0.3 is 5.97 Å². The minimum atomic E-state index is -1.60. The first kappa shape index (κ1) is 45.7. The summed E-state index contributed by atoms with van der Waals surface area (Å²) in [5.74, 6) is -1.02. The molecule has 6 heterocycles. The van der Waals surface area contributed by atoms with Gasteiger partial charge in [-0.25, -0.2) is 18.2 Å². The Kier molecular flexibility index (Phi) is 15.1. The summed E-state index contributed by atoms with van der Waals surface area (Å²) in [5.41, 5.74) is 8.42. The molecular formula is C42H44FN13O5. The molecule has 0 radical (unpaired) electrons. The van der Waals surface area contributed by atoms with E-state index in [1.807, 2.05) is 37.3 Å². The average molecular weight is 830 g/mol. The second-order valence-electron chi connectivity index (χ2n) is 14.6. The van der Waals surface area contributed by atoms with Crippen LogP contribution in [0.5, 0.6) is 0 Å². The normalized spacial score (nSPS) is 11.3. The molecule has 0 aliphatic heterocycles. The number of ether oxygens (including phenoxy) is 1. The Hall–Kier alpha value is -7.95.